The molecule has 0 unspecified atom stereocenters. The zero-order valence-electron chi connectivity index (χ0n) is 7.74. The molecule has 15 heavy (non-hydrogen) atoms. The fraction of sp³-hybridized carbons (Fsp3) is 0.333. The van der Waals surface area contributed by atoms with Gasteiger partial charge < -0.3 is 4.42 Å². The van der Waals surface area contributed by atoms with Crippen molar-refractivity contribution in [2.75, 3.05) is 5.88 Å². The molecule has 0 N–H and O–H groups in total. The quantitative estimate of drug-likeness (QED) is 0.791. The number of nitrogens with zero attached hydrogens (tertiary/aromatic N) is 2. The summed E-state index contributed by atoms with van der Waals surface area (Å²) in [6.07, 6.45) is 1.56. The summed E-state index contributed by atoms with van der Waals surface area (Å²) in [6.45, 7) is 0. The van der Waals surface area contributed by atoms with E-state index in [9.17, 15) is 0 Å². The summed E-state index contributed by atoms with van der Waals surface area (Å²) < 4.78 is 6.17. The first-order valence-corrected chi connectivity index (χ1v) is 6.16. The molecule has 2 rings (SSSR count). The first-order chi connectivity index (χ1) is 7.29. The van der Waals surface area contributed by atoms with E-state index in [1.807, 2.05) is 12.1 Å². The topological polar surface area (TPSA) is 38.9 Å². The van der Waals surface area contributed by atoms with Gasteiger partial charge in [-0.2, -0.15) is 0 Å². The molecule has 80 valence electrons. The van der Waals surface area contributed by atoms with Gasteiger partial charge in [-0.05, 0) is 18.6 Å². The maximum absolute atomic E-state index is 5.81. The predicted molar refractivity (Wildman–Crippen MR) is 61.7 cm³/mol. The molecule has 0 radical (unpaired) electrons. The fourth-order valence-electron chi connectivity index (χ4n) is 1.10. The molecule has 0 saturated carbocycles. The zero-order valence-corrected chi connectivity index (χ0v) is 10.1. The van der Waals surface area contributed by atoms with E-state index in [2.05, 4.69) is 10.2 Å². The highest BCUT2D eigenvalue weighted by Crippen LogP contribution is 2.29. The molecular formula is C9H8Cl2N2OS. The molecule has 0 spiro atoms. The Morgan fingerprint density at radius 3 is 2.87 bits per heavy atom. The van der Waals surface area contributed by atoms with E-state index < -0.39 is 0 Å². The third-order valence-corrected chi connectivity index (χ3v) is 3.26. The molecule has 2 aromatic rings. The minimum atomic E-state index is 0.525. The second-order valence-electron chi connectivity index (χ2n) is 2.90. The van der Waals surface area contributed by atoms with Crippen LogP contribution in [0, 0.1) is 0 Å². The van der Waals surface area contributed by atoms with Crippen molar-refractivity contribution in [2.45, 2.75) is 12.8 Å². The van der Waals surface area contributed by atoms with E-state index in [1.165, 1.54) is 11.3 Å². The Balaban J connectivity index is 2.13. The van der Waals surface area contributed by atoms with E-state index in [-0.39, 0.29) is 0 Å². The molecule has 3 nitrogen and oxygen atoms in total. The summed E-state index contributed by atoms with van der Waals surface area (Å²) in [6, 6.07) is 3.68. The second-order valence-corrected chi connectivity index (χ2v) is 4.99. The SMILES string of the molecule is ClCCCc1nnc(-c2ccc(Cl)s2)o1. The van der Waals surface area contributed by atoms with Gasteiger partial charge >= 0.3 is 0 Å². The van der Waals surface area contributed by atoms with Crippen LogP contribution in [0.15, 0.2) is 16.5 Å². The molecule has 6 heteroatoms. The lowest BCUT2D eigenvalue weighted by molar-refractivity contribution is 0.503. The molecule has 0 aromatic carbocycles. The molecule has 0 aliphatic rings. The Hall–Kier alpha value is -0.580. The van der Waals surface area contributed by atoms with Crippen LogP contribution in [0.2, 0.25) is 4.34 Å². The summed E-state index contributed by atoms with van der Waals surface area (Å²) in [5.41, 5.74) is 0. The third-order valence-electron chi connectivity index (χ3n) is 1.78. The standard InChI is InChI=1S/C9H8Cl2N2OS/c10-5-1-2-8-12-13-9(14-8)6-3-4-7(11)15-6/h3-4H,1-2,5H2. The van der Waals surface area contributed by atoms with Crippen molar-refractivity contribution in [1.82, 2.24) is 10.2 Å². The number of alkyl halides is 1. The Labute approximate surface area is 101 Å². The number of thiophene rings is 1. The van der Waals surface area contributed by atoms with E-state index in [1.54, 1.807) is 0 Å². The highest BCUT2D eigenvalue weighted by Gasteiger charge is 2.10. The number of rotatable bonds is 4. The highest BCUT2D eigenvalue weighted by atomic mass is 35.5. The molecule has 2 heterocycles. The highest BCUT2D eigenvalue weighted by molar-refractivity contribution is 7.19. The van der Waals surface area contributed by atoms with Crippen LogP contribution in [-0.2, 0) is 6.42 Å². The number of aryl methyl sites for hydroxylation is 1. The molecule has 0 aliphatic carbocycles. The van der Waals surface area contributed by atoms with Crippen LogP contribution in [0.4, 0.5) is 0 Å². The molecule has 0 bridgehead atoms. The van der Waals surface area contributed by atoms with Crippen molar-refractivity contribution in [1.29, 1.82) is 0 Å². The van der Waals surface area contributed by atoms with Gasteiger partial charge in [0, 0.05) is 12.3 Å². The van der Waals surface area contributed by atoms with Crippen LogP contribution in [0.3, 0.4) is 0 Å². The lowest BCUT2D eigenvalue weighted by Gasteiger charge is -1.88. The van der Waals surface area contributed by atoms with Crippen LogP contribution in [0.25, 0.3) is 10.8 Å². The second kappa shape index (κ2) is 4.96. The third kappa shape index (κ3) is 2.71. The Bertz CT molecular complexity index is 441. The van der Waals surface area contributed by atoms with Crippen molar-refractivity contribution in [3.8, 4) is 10.8 Å². The first-order valence-electron chi connectivity index (χ1n) is 4.43. The Morgan fingerprint density at radius 1 is 1.33 bits per heavy atom. The van der Waals surface area contributed by atoms with Crippen LogP contribution in [0.1, 0.15) is 12.3 Å². The lowest BCUT2D eigenvalue weighted by Crippen LogP contribution is -1.85. The van der Waals surface area contributed by atoms with Crippen LogP contribution < -0.4 is 0 Å². The lowest BCUT2D eigenvalue weighted by atomic mass is 10.3. The van der Waals surface area contributed by atoms with Crippen molar-refractivity contribution in [3.05, 3.63) is 22.4 Å². The van der Waals surface area contributed by atoms with Gasteiger partial charge in [-0.1, -0.05) is 11.6 Å². The number of hydrogen-bond acceptors (Lipinski definition) is 4. The normalized spacial score (nSPS) is 10.8. The van der Waals surface area contributed by atoms with Crippen LogP contribution in [0.5, 0.6) is 0 Å². The molecule has 0 atom stereocenters. The van der Waals surface area contributed by atoms with Gasteiger partial charge in [-0.3, -0.25) is 0 Å². The van der Waals surface area contributed by atoms with E-state index in [0.717, 1.165) is 17.7 Å². The maximum Gasteiger partial charge on any atom is 0.257 e. The zero-order chi connectivity index (χ0) is 10.7. The summed E-state index contributed by atoms with van der Waals surface area (Å²) in [7, 11) is 0. The average molecular weight is 263 g/mol. The van der Waals surface area contributed by atoms with E-state index in [4.69, 9.17) is 27.6 Å². The van der Waals surface area contributed by atoms with Gasteiger partial charge in [-0.25, -0.2) is 0 Å². The fourth-order valence-corrected chi connectivity index (χ4v) is 2.20. The summed E-state index contributed by atoms with van der Waals surface area (Å²) in [4.78, 5) is 0.893. The molecule has 0 amide bonds. The number of halogens is 2. The van der Waals surface area contributed by atoms with Crippen molar-refractivity contribution in [3.63, 3.8) is 0 Å². The maximum atomic E-state index is 5.81. The largest absolute Gasteiger partial charge is 0.420 e. The molecular weight excluding hydrogens is 255 g/mol. The van der Waals surface area contributed by atoms with Gasteiger partial charge in [0.2, 0.25) is 5.89 Å². The van der Waals surface area contributed by atoms with Crippen molar-refractivity contribution in [2.24, 2.45) is 0 Å². The Morgan fingerprint density at radius 2 is 2.20 bits per heavy atom. The van der Waals surface area contributed by atoms with Crippen molar-refractivity contribution < 1.29 is 4.42 Å². The van der Waals surface area contributed by atoms with Gasteiger partial charge in [0.15, 0.2) is 0 Å². The molecule has 0 aliphatic heterocycles. The summed E-state index contributed by atoms with van der Waals surface area (Å²) in [5.74, 6) is 1.74. The smallest absolute Gasteiger partial charge is 0.257 e. The minimum absolute atomic E-state index is 0.525. The average Bonchev–Trinajstić information content (AvgIpc) is 2.83. The summed E-state index contributed by atoms with van der Waals surface area (Å²) in [5, 5.41) is 7.87. The number of aromatic nitrogens is 2. The van der Waals surface area contributed by atoms with E-state index >= 15 is 0 Å². The minimum Gasteiger partial charge on any atom is -0.420 e. The van der Waals surface area contributed by atoms with Crippen LogP contribution in [-0.4, -0.2) is 16.1 Å². The first kappa shape index (κ1) is 10.9. The van der Waals surface area contributed by atoms with Crippen LogP contribution >= 0.6 is 34.5 Å². The van der Waals surface area contributed by atoms with E-state index in [0.29, 0.717) is 22.0 Å². The van der Waals surface area contributed by atoms with Gasteiger partial charge in [0.25, 0.3) is 5.89 Å². The summed E-state index contributed by atoms with van der Waals surface area (Å²) >= 11 is 12.8. The van der Waals surface area contributed by atoms with Crippen molar-refractivity contribution >= 4 is 34.5 Å². The molecule has 0 saturated heterocycles. The molecule has 0 fully saturated rings. The van der Waals surface area contributed by atoms with Gasteiger partial charge in [0.1, 0.15) is 0 Å². The van der Waals surface area contributed by atoms with Gasteiger partial charge in [0.05, 0.1) is 9.21 Å². The van der Waals surface area contributed by atoms with Gasteiger partial charge in [-0.15, -0.1) is 33.1 Å². The monoisotopic (exact) mass is 262 g/mol. The number of hydrogen-bond donors (Lipinski definition) is 0. The Kier molecular flexibility index (Phi) is 3.61. The predicted octanol–water partition coefficient (Wildman–Crippen LogP) is 3.62. The molecule has 2 aromatic heterocycles.